The van der Waals surface area contributed by atoms with E-state index in [2.05, 4.69) is 4.98 Å². The third-order valence-corrected chi connectivity index (χ3v) is 4.11. The van der Waals surface area contributed by atoms with Gasteiger partial charge >= 0.3 is 0 Å². The molecule has 0 fully saturated rings. The third kappa shape index (κ3) is 2.39. The van der Waals surface area contributed by atoms with Crippen LogP contribution in [0.25, 0.3) is 10.9 Å². The fraction of sp³-hybridized carbons (Fsp3) is 0.0625. The molecule has 3 nitrogen and oxygen atoms in total. The largest absolute Gasteiger partial charge is 0.396 e. The van der Waals surface area contributed by atoms with Gasteiger partial charge in [-0.1, -0.05) is 23.2 Å². The van der Waals surface area contributed by atoms with E-state index in [4.69, 9.17) is 28.9 Å². The molecule has 0 radical (unpaired) electrons. The molecule has 2 aromatic carbocycles. The predicted octanol–water partition coefficient (Wildman–Crippen LogP) is 4.60. The molecule has 106 valence electrons. The van der Waals surface area contributed by atoms with Crippen LogP contribution in [0.15, 0.2) is 36.4 Å². The SMILES string of the molecule is Cc1cc(C(=O)c2[nH]c3cc(Cl)ccc3c2N)ccc1Cl. The van der Waals surface area contributed by atoms with Gasteiger partial charge in [-0.2, -0.15) is 0 Å². The molecule has 3 N–H and O–H groups in total. The number of aromatic amines is 1. The monoisotopic (exact) mass is 318 g/mol. The van der Waals surface area contributed by atoms with Crippen LogP contribution in [-0.2, 0) is 0 Å². The highest BCUT2D eigenvalue weighted by molar-refractivity contribution is 6.32. The smallest absolute Gasteiger partial charge is 0.211 e. The summed E-state index contributed by atoms with van der Waals surface area (Å²) in [5.41, 5.74) is 9.01. The molecule has 0 saturated carbocycles. The number of carbonyl (C=O) groups excluding carboxylic acids is 1. The zero-order chi connectivity index (χ0) is 15.1. The van der Waals surface area contributed by atoms with Crippen molar-refractivity contribution in [3.8, 4) is 0 Å². The first-order chi connectivity index (χ1) is 9.97. The number of anilines is 1. The number of aromatic nitrogens is 1. The highest BCUT2D eigenvalue weighted by Gasteiger charge is 2.18. The Balaban J connectivity index is 2.13. The fourth-order valence-corrected chi connectivity index (χ4v) is 2.59. The molecule has 1 heterocycles. The number of nitrogens with two attached hydrogens (primary N) is 1. The van der Waals surface area contributed by atoms with Crippen LogP contribution in [0.1, 0.15) is 21.6 Å². The number of H-pyrrole nitrogens is 1. The second-order valence-corrected chi connectivity index (χ2v) is 5.74. The number of hydrogen-bond acceptors (Lipinski definition) is 2. The molecular formula is C16H12Cl2N2O. The number of benzene rings is 2. The fourth-order valence-electron chi connectivity index (χ4n) is 2.30. The number of rotatable bonds is 2. The van der Waals surface area contributed by atoms with E-state index >= 15 is 0 Å². The second-order valence-electron chi connectivity index (χ2n) is 4.90. The van der Waals surface area contributed by atoms with Crippen molar-refractivity contribution in [2.75, 3.05) is 5.73 Å². The van der Waals surface area contributed by atoms with Crippen molar-refractivity contribution in [2.45, 2.75) is 6.92 Å². The van der Waals surface area contributed by atoms with Crippen LogP contribution in [-0.4, -0.2) is 10.8 Å². The Morgan fingerprint density at radius 2 is 1.90 bits per heavy atom. The maximum Gasteiger partial charge on any atom is 0.211 e. The summed E-state index contributed by atoms with van der Waals surface area (Å²) in [7, 11) is 0. The Bertz CT molecular complexity index is 868. The van der Waals surface area contributed by atoms with Crippen LogP contribution in [0.4, 0.5) is 5.69 Å². The van der Waals surface area contributed by atoms with Gasteiger partial charge in [0.15, 0.2) is 0 Å². The van der Waals surface area contributed by atoms with Crippen LogP contribution >= 0.6 is 23.2 Å². The summed E-state index contributed by atoms with van der Waals surface area (Å²) in [6.07, 6.45) is 0. The van der Waals surface area contributed by atoms with Gasteiger partial charge in [-0.05, 0) is 48.9 Å². The first-order valence-electron chi connectivity index (χ1n) is 6.35. The van der Waals surface area contributed by atoms with Crippen LogP contribution < -0.4 is 5.73 Å². The minimum atomic E-state index is -0.167. The van der Waals surface area contributed by atoms with Gasteiger partial charge in [-0.3, -0.25) is 4.79 Å². The maximum absolute atomic E-state index is 12.6. The quantitative estimate of drug-likeness (QED) is 0.678. The molecule has 5 heteroatoms. The zero-order valence-electron chi connectivity index (χ0n) is 11.2. The highest BCUT2D eigenvalue weighted by Crippen LogP contribution is 2.29. The van der Waals surface area contributed by atoms with E-state index < -0.39 is 0 Å². The van der Waals surface area contributed by atoms with Crippen molar-refractivity contribution >= 4 is 45.6 Å². The lowest BCUT2D eigenvalue weighted by atomic mass is 10.0. The Morgan fingerprint density at radius 3 is 2.62 bits per heavy atom. The summed E-state index contributed by atoms with van der Waals surface area (Å²) in [5, 5.41) is 2.00. The molecule has 3 rings (SSSR count). The number of halogens is 2. The highest BCUT2D eigenvalue weighted by atomic mass is 35.5. The Morgan fingerprint density at radius 1 is 1.14 bits per heavy atom. The van der Waals surface area contributed by atoms with Gasteiger partial charge in [0.2, 0.25) is 5.78 Å². The molecule has 0 amide bonds. The molecule has 0 aliphatic heterocycles. The van der Waals surface area contributed by atoms with Gasteiger partial charge in [-0.25, -0.2) is 0 Å². The van der Waals surface area contributed by atoms with E-state index in [1.165, 1.54) is 0 Å². The lowest BCUT2D eigenvalue weighted by Gasteiger charge is -2.03. The van der Waals surface area contributed by atoms with E-state index in [0.29, 0.717) is 27.0 Å². The minimum absolute atomic E-state index is 0.167. The summed E-state index contributed by atoms with van der Waals surface area (Å²) in [5.74, 6) is -0.167. The molecule has 0 saturated heterocycles. The van der Waals surface area contributed by atoms with Gasteiger partial charge in [0.1, 0.15) is 5.69 Å². The van der Waals surface area contributed by atoms with E-state index in [0.717, 1.165) is 16.5 Å². The standard InChI is InChI=1S/C16H12Cl2N2O/c1-8-6-9(2-5-12(8)18)16(21)15-14(19)11-4-3-10(17)7-13(11)20-15/h2-7,20H,19H2,1H3. The van der Waals surface area contributed by atoms with Gasteiger partial charge < -0.3 is 10.7 Å². The average Bonchev–Trinajstić information content (AvgIpc) is 2.77. The number of fused-ring (bicyclic) bond motifs is 1. The predicted molar refractivity (Wildman–Crippen MR) is 87.3 cm³/mol. The summed E-state index contributed by atoms with van der Waals surface area (Å²) in [6.45, 7) is 1.85. The molecule has 1 aromatic heterocycles. The van der Waals surface area contributed by atoms with Crippen LogP contribution in [0, 0.1) is 6.92 Å². The van der Waals surface area contributed by atoms with Gasteiger partial charge in [0, 0.05) is 26.5 Å². The maximum atomic E-state index is 12.6. The van der Waals surface area contributed by atoms with Crippen molar-refractivity contribution in [3.63, 3.8) is 0 Å². The number of ketones is 1. The first kappa shape index (κ1) is 14.0. The van der Waals surface area contributed by atoms with Gasteiger partial charge in [-0.15, -0.1) is 0 Å². The average molecular weight is 319 g/mol. The number of hydrogen-bond donors (Lipinski definition) is 2. The molecule has 0 bridgehead atoms. The van der Waals surface area contributed by atoms with Crippen molar-refractivity contribution in [1.29, 1.82) is 0 Å². The summed E-state index contributed by atoms with van der Waals surface area (Å²) in [4.78, 5) is 15.6. The lowest BCUT2D eigenvalue weighted by Crippen LogP contribution is -2.05. The number of carbonyl (C=O) groups is 1. The normalized spacial score (nSPS) is 11.0. The third-order valence-electron chi connectivity index (χ3n) is 3.45. The van der Waals surface area contributed by atoms with Crippen molar-refractivity contribution in [1.82, 2.24) is 4.98 Å². The number of nitrogen functional groups attached to an aromatic ring is 1. The Labute approximate surface area is 131 Å². The van der Waals surface area contributed by atoms with Crippen molar-refractivity contribution < 1.29 is 4.79 Å². The van der Waals surface area contributed by atoms with E-state index in [1.54, 1.807) is 36.4 Å². The van der Waals surface area contributed by atoms with Crippen molar-refractivity contribution in [3.05, 3.63) is 63.3 Å². The molecule has 3 aromatic rings. The molecule has 0 atom stereocenters. The minimum Gasteiger partial charge on any atom is -0.396 e. The van der Waals surface area contributed by atoms with E-state index in [1.807, 2.05) is 6.92 Å². The van der Waals surface area contributed by atoms with Crippen LogP contribution in [0.3, 0.4) is 0 Å². The first-order valence-corrected chi connectivity index (χ1v) is 7.10. The zero-order valence-corrected chi connectivity index (χ0v) is 12.7. The van der Waals surface area contributed by atoms with E-state index in [-0.39, 0.29) is 5.78 Å². The number of aryl methyl sites for hydroxylation is 1. The molecule has 21 heavy (non-hydrogen) atoms. The topological polar surface area (TPSA) is 58.9 Å². The summed E-state index contributed by atoms with van der Waals surface area (Å²) >= 11 is 11.9. The molecule has 0 aliphatic carbocycles. The van der Waals surface area contributed by atoms with Crippen LogP contribution in [0.5, 0.6) is 0 Å². The Hall–Kier alpha value is -1.97. The van der Waals surface area contributed by atoms with Crippen molar-refractivity contribution in [2.24, 2.45) is 0 Å². The summed E-state index contributed by atoms with van der Waals surface area (Å²) in [6, 6.07) is 10.4. The lowest BCUT2D eigenvalue weighted by molar-refractivity contribution is 0.103. The van der Waals surface area contributed by atoms with E-state index in [9.17, 15) is 4.79 Å². The summed E-state index contributed by atoms with van der Waals surface area (Å²) < 4.78 is 0. The van der Waals surface area contributed by atoms with Crippen LogP contribution in [0.2, 0.25) is 10.0 Å². The molecule has 0 unspecified atom stereocenters. The molecule has 0 spiro atoms. The van der Waals surface area contributed by atoms with Gasteiger partial charge in [0.05, 0.1) is 5.69 Å². The molecule has 0 aliphatic rings. The Kier molecular flexibility index (Phi) is 3.40. The second kappa shape index (κ2) is 5.10. The number of nitrogens with one attached hydrogen (secondary N) is 1. The molecular weight excluding hydrogens is 307 g/mol. The van der Waals surface area contributed by atoms with Gasteiger partial charge in [0.25, 0.3) is 0 Å².